The van der Waals surface area contributed by atoms with E-state index in [4.69, 9.17) is 0 Å². The van der Waals surface area contributed by atoms with Crippen LogP contribution >= 0.6 is 0 Å². The first-order valence-electron chi connectivity index (χ1n) is 9.24. The van der Waals surface area contributed by atoms with Crippen molar-refractivity contribution in [2.75, 3.05) is 40.3 Å². The number of hydrogen-bond donors (Lipinski definition) is 1. The van der Waals surface area contributed by atoms with Gasteiger partial charge in [-0.25, -0.2) is 0 Å². The van der Waals surface area contributed by atoms with Crippen LogP contribution in [-0.2, 0) is 0 Å². The largest absolute Gasteiger partial charge is 0.312 e. The van der Waals surface area contributed by atoms with Gasteiger partial charge >= 0.3 is 0 Å². The van der Waals surface area contributed by atoms with E-state index < -0.39 is 0 Å². The van der Waals surface area contributed by atoms with Gasteiger partial charge in [-0.05, 0) is 71.8 Å². The van der Waals surface area contributed by atoms with E-state index in [1.807, 2.05) is 0 Å². The third-order valence-electron chi connectivity index (χ3n) is 5.09. The number of hydrogen-bond acceptors (Lipinski definition) is 3. The summed E-state index contributed by atoms with van der Waals surface area (Å²) < 4.78 is 0. The van der Waals surface area contributed by atoms with Crippen molar-refractivity contribution in [1.29, 1.82) is 0 Å². The van der Waals surface area contributed by atoms with E-state index in [9.17, 15) is 0 Å². The van der Waals surface area contributed by atoms with Gasteiger partial charge in [-0.15, -0.1) is 0 Å². The van der Waals surface area contributed by atoms with Crippen molar-refractivity contribution in [2.45, 2.75) is 71.4 Å². The van der Waals surface area contributed by atoms with Gasteiger partial charge < -0.3 is 15.1 Å². The number of likely N-dealkylation sites (tertiary alicyclic amines) is 1. The van der Waals surface area contributed by atoms with Gasteiger partial charge in [-0.2, -0.15) is 0 Å². The highest BCUT2D eigenvalue weighted by molar-refractivity contribution is 4.84. The highest BCUT2D eigenvalue weighted by Crippen LogP contribution is 2.20. The predicted octanol–water partition coefficient (Wildman–Crippen LogP) is 3.21. The van der Waals surface area contributed by atoms with Crippen LogP contribution in [0.2, 0.25) is 0 Å². The second kappa shape index (κ2) is 10.6. The van der Waals surface area contributed by atoms with Crippen LogP contribution in [0.15, 0.2) is 0 Å². The molecule has 0 aliphatic carbocycles. The summed E-state index contributed by atoms with van der Waals surface area (Å²) in [5.74, 6) is 0.897. The molecule has 0 amide bonds. The van der Waals surface area contributed by atoms with Gasteiger partial charge in [0.1, 0.15) is 0 Å². The van der Waals surface area contributed by atoms with Gasteiger partial charge in [0.15, 0.2) is 0 Å². The number of rotatable bonds is 10. The minimum absolute atomic E-state index is 0.663. The van der Waals surface area contributed by atoms with E-state index in [-0.39, 0.29) is 0 Å². The van der Waals surface area contributed by atoms with Crippen molar-refractivity contribution in [3.63, 3.8) is 0 Å². The van der Waals surface area contributed by atoms with Crippen molar-refractivity contribution in [3.8, 4) is 0 Å². The Bertz CT molecular complexity index is 249. The molecule has 2 atom stereocenters. The first-order valence-corrected chi connectivity index (χ1v) is 9.24. The topological polar surface area (TPSA) is 18.5 Å². The molecule has 3 nitrogen and oxygen atoms in total. The lowest BCUT2D eigenvalue weighted by molar-refractivity contribution is 0.124. The molecule has 2 unspecified atom stereocenters. The minimum atomic E-state index is 0.663. The predicted molar refractivity (Wildman–Crippen MR) is 93.9 cm³/mol. The molecule has 1 aliphatic heterocycles. The molecule has 0 aromatic heterocycles. The summed E-state index contributed by atoms with van der Waals surface area (Å²) in [7, 11) is 4.60. The van der Waals surface area contributed by atoms with Crippen LogP contribution in [-0.4, -0.2) is 62.2 Å². The molecule has 1 fully saturated rings. The average Bonchev–Trinajstić information content (AvgIpc) is 2.48. The number of likely N-dealkylation sites (N-methyl/N-ethyl adjacent to an activating group) is 1. The smallest absolute Gasteiger partial charge is 0.0243 e. The molecular formula is C18H39N3. The van der Waals surface area contributed by atoms with E-state index in [2.05, 4.69) is 50.0 Å². The fourth-order valence-corrected chi connectivity index (χ4v) is 3.76. The summed E-state index contributed by atoms with van der Waals surface area (Å²) in [4.78, 5) is 5.12. The highest BCUT2D eigenvalue weighted by atomic mass is 15.2. The van der Waals surface area contributed by atoms with Gasteiger partial charge in [0.2, 0.25) is 0 Å². The fourth-order valence-electron chi connectivity index (χ4n) is 3.76. The molecule has 1 saturated heterocycles. The maximum absolute atomic E-state index is 3.80. The molecule has 0 radical (unpaired) electrons. The average molecular weight is 298 g/mol. The van der Waals surface area contributed by atoms with Crippen molar-refractivity contribution in [2.24, 2.45) is 5.92 Å². The monoisotopic (exact) mass is 297 g/mol. The van der Waals surface area contributed by atoms with Gasteiger partial charge in [-0.3, -0.25) is 0 Å². The Morgan fingerprint density at radius 3 is 2.33 bits per heavy atom. The SMILES string of the molecule is CCCNC(CCC)C(CC)N(C)CC1CCN(C)CC1. The quantitative estimate of drug-likeness (QED) is 0.668. The van der Waals surface area contributed by atoms with Crippen molar-refractivity contribution in [3.05, 3.63) is 0 Å². The van der Waals surface area contributed by atoms with E-state index in [0.29, 0.717) is 12.1 Å². The molecular weight excluding hydrogens is 258 g/mol. The molecule has 0 saturated carbocycles. The molecule has 1 N–H and O–H groups in total. The van der Waals surface area contributed by atoms with Crippen LogP contribution < -0.4 is 5.32 Å². The third kappa shape index (κ3) is 6.66. The van der Waals surface area contributed by atoms with Crippen molar-refractivity contribution >= 4 is 0 Å². The normalized spacial score (nSPS) is 20.9. The van der Waals surface area contributed by atoms with Crippen LogP contribution in [0.3, 0.4) is 0 Å². The summed E-state index contributed by atoms with van der Waals surface area (Å²) >= 11 is 0. The van der Waals surface area contributed by atoms with Crippen LogP contribution in [0.1, 0.15) is 59.3 Å². The lowest BCUT2D eigenvalue weighted by Gasteiger charge is -2.38. The van der Waals surface area contributed by atoms with Crippen LogP contribution in [0.5, 0.6) is 0 Å². The lowest BCUT2D eigenvalue weighted by Crippen LogP contribution is -2.50. The molecule has 21 heavy (non-hydrogen) atoms. The standard InChI is InChI=1S/C18H39N3/c1-6-9-17(19-12-7-2)18(8-3)21(5)15-16-10-13-20(4)14-11-16/h16-19H,6-15H2,1-5H3. The molecule has 0 aromatic carbocycles. The molecule has 0 aromatic rings. The second-order valence-corrected chi connectivity index (χ2v) is 7.01. The number of nitrogens with one attached hydrogen (secondary N) is 1. The number of piperidine rings is 1. The Morgan fingerprint density at radius 2 is 1.81 bits per heavy atom. The molecule has 1 heterocycles. The Balaban J connectivity index is 2.50. The molecule has 0 bridgehead atoms. The fraction of sp³-hybridized carbons (Fsp3) is 1.00. The van der Waals surface area contributed by atoms with Gasteiger partial charge in [-0.1, -0.05) is 27.2 Å². The summed E-state index contributed by atoms with van der Waals surface area (Å²) in [6.07, 6.45) is 7.81. The summed E-state index contributed by atoms with van der Waals surface area (Å²) in [5.41, 5.74) is 0. The molecule has 0 spiro atoms. The Labute approximate surface area is 133 Å². The first-order chi connectivity index (χ1) is 10.1. The van der Waals surface area contributed by atoms with Gasteiger partial charge in [0, 0.05) is 18.6 Å². The van der Waals surface area contributed by atoms with Crippen LogP contribution in [0, 0.1) is 5.92 Å². The zero-order valence-electron chi connectivity index (χ0n) is 15.2. The van der Waals surface area contributed by atoms with E-state index >= 15 is 0 Å². The maximum atomic E-state index is 3.80. The Hall–Kier alpha value is -0.120. The van der Waals surface area contributed by atoms with Crippen LogP contribution in [0.4, 0.5) is 0 Å². The zero-order chi connectivity index (χ0) is 15.7. The second-order valence-electron chi connectivity index (χ2n) is 7.01. The van der Waals surface area contributed by atoms with Crippen molar-refractivity contribution in [1.82, 2.24) is 15.1 Å². The first kappa shape index (κ1) is 18.9. The Morgan fingerprint density at radius 1 is 1.14 bits per heavy atom. The van der Waals surface area contributed by atoms with E-state index in [1.54, 1.807) is 0 Å². The lowest BCUT2D eigenvalue weighted by atomic mass is 9.94. The highest BCUT2D eigenvalue weighted by Gasteiger charge is 2.26. The van der Waals surface area contributed by atoms with Gasteiger partial charge in [0.25, 0.3) is 0 Å². The zero-order valence-corrected chi connectivity index (χ0v) is 15.2. The maximum Gasteiger partial charge on any atom is 0.0243 e. The van der Waals surface area contributed by atoms with Crippen molar-refractivity contribution < 1.29 is 0 Å². The summed E-state index contributed by atoms with van der Waals surface area (Å²) in [6, 6.07) is 1.35. The minimum Gasteiger partial charge on any atom is -0.312 e. The molecule has 3 heteroatoms. The summed E-state index contributed by atoms with van der Waals surface area (Å²) in [6.45, 7) is 11.9. The van der Waals surface area contributed by atoms with E-state index in [1.165, 1.54) is 58.2 Å². The van der Waals surface area contributed by atoms with Crippen LogP contribution in [0.25, 0.3) is 0 Å². The third-order valence-corrected chi connectivity index (χ3v) is 5.09. The molecule has 1 aliphatic rings. The Kier molecular flexibility index (Phi) is 9.54. The van der Waals surface area contributed by atoms with Gasteiger partial charge in [0.05, 0.1) is 0 Å². The molecule has 126 valence electrons. The van der Waals surface area contributed by atoms with E-state index in [0.717, 1.165) is 12.5 Å². The molecule has 1 rings (SSSR count). The number of nitrogens with zero attached hydrogens (tertiary/aromatic N) is 2. The summed E-state index contributed by atoms with van der Waals surface area (Å²) in [5, 5.41) is 3.80.